The first kappa shape index (κ1) is 15.6. The lowest BCUT2D eigenvalue weighted by atomic mass is 10.1. The van der Waals surface area contributed by atoms with Crippen LogP contribution in [0.5, 0.6) is 5.75 Å². The Balaban J connectivity index is 2.12. The van der Waals surface area contributed by atoms with E-state index in [2.05, 4.69) is 10.6 Å². The summed E-state index contributed by atoms with van der Waals surface area (Å²) in [6.07, 6.45) is 0.272. The minimum absolute atomic E-state index is 0.149. The van der Waals surface area contributed by atoms with Crippen LogP contribution in [0.1, 0.15) is 12.5 Å². The molecular formula is C17H18N2O3. The van der Waals surface area contributed by atoms with Crippen molar-refractivity contribution in [1.82, 2.24) is 0 Å². The van der Waals surface area contributed by atoms with Crippen LogP contribution in [0.3, 0.4) is 0 Å². The van der Waals surface area contributed by atoms with E-state index in [0.717, 1.165) is 5.56 Å². The molecule has 0 saturated heterocycles. The van der Waals surface area contributed by atoms with Crippen LogP contribution in [0.25, 0.3) is 0 Å². The van der Waals surface area contributed by atoms with Gasteiger partial charge in [-0.25, -0.2) is 0 Å². The normalized spacial score (nSPS) is 9.91. The molecule has 2 rings (SSSR count). The van der Waals surface area contributed by atoms with E-state index in [1.54, 1.807) is 18.2 Å². The SMILES string of the molecule is COc1ccc(NC(C)=O)cc1NC(=O)Cc1ccccc1. The van der Waals surface area contributed by atoms with Crippen molar-refractivity contribution in [3.05, 3.63) is 54.1 Å². The Morgan fingerprint density at radius 1 is 1.05 bits per heavy atom. The fourth-order valence-electron chi connectivity index (χ4n) is 2.06. The molecule has 0 bridgehead atoms. The van der Waals surface area contributed by atoms with Crippen molar-refractivity contribution < 1.29 is 14.3 Å². The Hall–Kier alpha value is -2.82. The predicted octanol–water partition coefficient (Wildman–Crippen LogP) is 2.83. The maximum Gasteiger partial charge on any atom is 0.228 e. The first-order valence-electron chi connectivity index (χ1n) is 6.88. The van der Waals surface area contributed by atoms with Crippen LogP contribution in [-0.2, 0) is 16.0 Å². The van der Waals surface area contributed by atoms with Gasteiger partial charge in [0, 0.05) is 12.6 Å². The molecule has 0 atom stereocenters. The number of anilines is 2. The Morgan fingerprint density at radius 3 is 2.41 bits per heavy atom. The van der Waals surface area contributed by atoms with E-state index >= 15 is 0 Å². The number of nitrogens with one attached hydrogen (secondary N) is 2. The highest BCUT2D eigenvalue weighted by Crippen LogP contribution is 2.28. The highest BCUT2D eigenvalue weighted by Gasteiger charge is 2.10. The molecule has 0 aliphatic carbocycles. The molecule has 0 aliphatic heterocycles. The van der Waals surface area contributed by atoms with Crippen LogP contribution >= 0.6 is 0 Å². The lowest BCUT2D eigenvalue weighted by Gasteiger charge is -2.12. The molecule has 114 valence electrons. The van der Waals surface area contributed by atoms with Crippen LogP contribution in [0, 0.1) is 0 Å². The zero-order chi connectivity index (χ0) is 15.9. The fraction of sp³-hybridized carbons (Fsp3) is 0.176. The summed E-state index contributed by atoms with van der Waals surface area (Å²) in [4.78, 5) is 23.2. The number of carbonyl (C=O) groups excluding carboxylic acids is 2. The lowest BCUT2D eigenvalue weighted by molar-refractivity contribution is -0.116. The zero-order valence-electron chi connectivity index (χ0n) is 12.6. The van der Waals surface area contributed by atoms with E-state index in [0.29, 0.717) is 17.1 Å². The van der Waals surface area contributed by atoms with Crippen molar-refractivity contribution in [3.8, 4) is 5.75 Å². The molecule has 0 fully saturated rings. The summed E-state index contributed by atoms with van der Waals surface area (Å²) in [5, 5.41) is 5.48. The van der Waals surface area contributed by atoms with Gasteiger partial charge in [0.2, 0.25) is 11.8 Å². The number of hydrogen-bond donors (Lipinski definition) is 2. The number of benzene rings is 2. The van der Waals surface area contributed by atoms with Crippen molar-refractivity contribution in [2.24, 2.45) is 0 Å². The molecular weight excluding hydrogens is 280 g/mol. The lowest BCUT2D eigenvalue weighted by Crippen LogP contribution is -2.15. The van der Waals surface area contributed by atoms with Crippen molar-refractivity contribution in [1.29, 1.82) is 0 Å². The van der Waals surface area contributed by atoms with Crippen molar-refractivity contribution in [2.75, 3.05) is 17.7 Å². The van der Waals surface area contributed by atoms with E-state index in [-0.39, 0.29) is 18.2 Å². The molecule has 0 heterocycles. The van der Waals surface area contributed by atoms with Gasteiger partial charge in [0.25, 0.3) is 0 Å². The molecule has 5 heteroatoms. The second-order valence-electron chi connectivity index (χ2n) is 4.81. The molecule has 5 nitrogen and oxygen atoms in total. The van der Waals surface area contributed by atoms with Gasteiger partial charge in [0.15, 0.2) is 0 Å². The van der Waals surface area contributed by atoms with Gasteiger partial charge < -0.3 is 15.4 Å². The summed E-state index contributed by atoms with van der Waals surface area (Å²) in [6.45, 7) is 1.43. The second kappa shape index (κ2) is 7.26. The molecule has 2 N–H and O–H groups in total. The minimum Gasteiger partial charge on any atom is -0.495 e. The summed E-state index contributed by atoms with van der Waals surface area (Å²) in [7, 11) is 1.53. The molecule has 22 heavy (non-hydrogen) atoms. The van der Waals surface area contributed by atoms with Crippen LogP contribution < -0.4 is 15.4 Å². The third-order valence-electron chi connectivity index (χ3n) is 3.00. The van der Waals surface area contributed by atoms with Crippen molar-refractivity contribution >= 4 is 23.2 Å². The van der Waals surface area contributed by atoms with Gasteiger partial charge in [-0.05, 0) is 23.8 Å². The topological polar surface area (TPSA) is 67.4 Å². The monoisotopic (exact) mass is 298 g/mol. The summed E-state index contributed by atoms with van der Waals surface area (Å²) in [5.74, 6) is 0.215. The summed E-state index contributed by atoms with van der Waals surface area (Å²) in [6, 6.07) is 14.6. The Labute approximate surface area is 129 Å². The molecule has 0 radical (unpaired) electrons. The van der Waals surface area contributed by atoms with Gasteiger partial charge in [0.1, 0.15) is 5.75 Å². The van der Waals surface area contributed by atoms with E-state index in [4.69, 9.17) is 4.74 Å². The number of amides is 2. The van der Waals surface area contributed by atoms with Gasteiger partial charge in [-0.1, -0.05) is 30.3 Å². The third kappa shape index (κ3) is 4.34. The van der Waals surface area contributed by atoms with Gasteiger partial charge in [-0.3, -0.25) is 9.59 Å². The average molecular weight is 298 g/mol. The molecule has 2 amide bonds. The number of carbonyl (C=O) groups is 2. The van der Waals surface area contributed by atoms with Crippen LogP contribution in [0.15, 0.2) is 48.5 Å². The molecule has 0 saturated carbocycles. The highest BCUT2D eigenvalue weighted by molar-refractivity contribution is 5.95. The van der Waals surface area contributed by atoms with Crippen LogP contribution in [0.2, 0.25) is 0 Å². The fourth-order valence-corrected chi connectivity index (χ4v) is 2.06. The van der Waals surface area contributed by atoms with E-state index in [1.165, 1.54) is 14.0 Å². The first-order chi connectivity index (χ1) is 10.6. The average Bonchev–Trinajstić information content (AvgIpc) is 2.48. The van der Waals surface area contributed by atoms with Crippen molar-refractivity contribution in [2.45, 2.75) is 13.3 Å². The third-order valence-corrected chi connectivity index (χ3v) is 3.00. The summed E-state index contributed by atoms with van der Waals surface area (Å²) >= 11 is 0. The molecule has 0 aliphatic rings. The van der Waals surface area contributed by atoms with E-state index < -0.39 is 0 Å². The maximum atomic E-state index is 12.1. The maximum absolute atomic E-state index is 12.1. The standard InChI is InChI=1S/C17H18N2O3/c1-12(20)18-14-8-9-16(22-2)15(11-14)19-17(21)10-13-6-4-3-5-7-13/h3-9,11H,10H2,1-2H3,(H,18,20)(H,19,21). The predicted molar refractivity (Wildman–Crippen MR) is 86.1 cm³/mol. The smallest absolute Gasteiger partial charge is 0.228 e. The number of hydrogen-bond acceptors (Lipinski definition) is 3. The molecule has 2 aromatic carbocycles. The Bertz CT molecular complexity index is 669. The number of methoxy groups -OCH3 is 1. The highest BCUT2D eigenvalue weighted by atomic mass is 16.5. The molecule has 0 spiro atoms. The number of ether oxygens (including phenoxy) is 1. The van der Waals surface area contributed by atoms with E-state index in [9.17, 15) is 9.59 Å². The van der Waals surface area contributed by atoms with Crippen LogP contribution in [-0.4, -0.2) is 18.9 Å². The van der Waals surface area contributed by atoms with Crippen molar-refractivity contribution in [3.63, 3.8) is 0 Å². The first-order valence-corrected chi connectivity index (χ1v) is 6.88. The largest absolute Gasteiger partial charge is 0.495 e. The Kier molecular flexibility index (Phi) is 5.14. The van der Waals surface area contributed by atoms with Crippen LogP contribution in [0.4, 0.5) is 11.4 Å². The minimum atomic E-state index is -0.174. The molecule has 0 aromatic heterocycles. The summed E-state index contributed by atoms with van der Waals surface area (Å²) in [5.41, 5.74) is 2.05. The molecule has 2 aromatic rings. The van der Waals surface area contributed by atoms with Gasteiger partial charge in [0.05, 0.1) is 19.2 Å². The quantitative estimate of drug-likeness (QED) is 0.892. The Morgan fingerprint density at radius 2 is 1.77 bits per heavy atom. The van der Waals surface area contributed by atoms with Gasteiger partial charge in [-0.15, -0.1) is 0 Å². The zero-order valence-corrected chi connectivity index (χ0v) is 12.6. The van der Waals surface area contributed by atoms with E-state index in [1.807, 2.05) is 30.3 Å². The van der Waals surface area contributed by atoms with Gasteiger partial charge in [-0.2, -0.15) is 0 Å². The second-order valence-corrected chi connectivity index (χ2v) is 4.81. The number of rotatable bonds is 5. The van der Waals surface area contributed by atoms with Gasteiger partial charge >= 0.3 is 0 Å². The molecule has 0 unspecified atom stereocenters. The summed E-state index contributed by atoms with van der Waals surface area (Å²) < 4.78 is 5.23.